The molecule has 0 radical (unpaired) electrons. The number of methoxy groups -OCH3 is 1. The maximum Gasteiger partial charge on any atom is 0.311 e. The summed E-state index contributed by atoms with van der Waals surface area (Å²) in [7, 11) is 1.19. The lowest BCUT2D eigenvalue weighted by atomic mass is 10.1. The third-order valence-electron chi connectivity index (χ3n) is 2.07. The van der Waals surface area contributed by atoms with Crippen molar-refractivity contribution in [2.45, 2.75) is 19.4 Å². The molecule has 0 amide bonds. The smallest absolute Gasteiger partial charge is 0.311 e. The Morgan fingerprint density at radius 1 is 1.62 bits per heavy atom. The van der Waals surface area contributed by atoms with Gasteiger partial charge in [0.1, 0.15) is 0 Å². The first-order valence-corrected chi connectivity index (χ1v) is 4.61. The van der Waals surface area contributed by atoms with Crippen LogP contribution in [0.15, 0.2) is 12.3 Å². The number of hydrogen-bond acceptors (Lipinski definition) is 4. The number of rotatable bonds is 4. The van der Waals surface area contributed by atoms with Crippen molar-refractivity contribution in [2.24, 2.45) is 5.73 Å². The van der Waals surface area contributed by atoms with Gasteiger partial charge in [0.25, 0.3) is 6.43 Å². The molecule has 0 bridgehead atoms. The lowest BCUT2D eigenvalue weighted by Gasteiger charge is -2.08. The van der Waals surface area contributed by atoms with E-state index in [1.54, 1.807) is 0 Å². The Morgan fingerprint density at radius 3 is 2.81 bits per heavy atom. The number of halogens is 2. The molecule has 1 rings (SSSR count). The van der Waals surface area contributed by atoms with Gasteiger partial charge < -0.3 is 10.5 Å². The van der Waals surface area contributed by atoms with Crippen molar-refractivity contribution in [1.29, 1.82) is 0 Å². The summed E-state index contributed by atoms with van der Waals surface area (Å²) in [6, 6.07) is 1.26. The van der Waals surface area contributed by atoms with Gasteiger partial charge in [-0.25, -0.2) is 8.78 Å². The zero-order valence-corrected chi connectivity index (χ0v) is 8.74. The number of ether oxygens (including phenoxy) is 1. The van der Waals surface area contributed by atoms with E-state index in [2.05, 4.69) is 9.72 Å². The molecule has 0 atom stereocenters. The second kappa shape index (κ2) is 5.50. The van der Waals surface area contributed by atoms with Crippen LogP contribution in [0, 0.1) is 0 Å². The topological polar surface area (TPSA) is 65.2 Å². The van der Waals surface area contributed by atoms with Gasteiger partial charge in [-0.15, -0.1) is 0 Å². The average Bonchev–Trinajstić information content (AvgIpc) is 2.29. The van der Waals surface area contributed by atoms with Gasteiger partial charge in [-0.05, 0) is 11.6 Å². The maximum absolute atomic E-state index is 12.7. The predicted molar refractivity (Wildman–Crippen MR) is 52.8 cm³/mol. The summed E-state index contributed by atoms with van der Waals surface area (Å²) in [4.78, 5) is 14.8. The third kappa shape index (κ3) is 2.96. The van der Waals surface area contributed by atoms with Crippen LogP contribution in [0.3, 0.4) is 0 Å². The highest BCUT2D eigenvalue weighted by atomic mass is 19.3. The van der Waals surface area contributed by atoms with Crippen molar-refractivity contribution < 1.29 is 18.3 Å². The minimum absolute atomic E-state index is 0.0269. The number of carbonyl (C=O) groups is 1. The van der Waals surface area contributed by atoms with Crippen LogP contribution in [-0.4, -0.2) is 18.1 Å². The standard InChI is InChI=1S/C10H12F2N2O2/c1-16-9(15)3-8-7(10(11)12)2-6(4-13)5-14-8/h2,5,10H,3-4,13H2,1H3. The summed E-state index contributed by atoms with van der Waals surface area (Å²) in [6.45, 7) is 0.130. The fourth-order valence-corrected chi connectivity index (χ4v) is 1.21. The molecule has 1 aromatic heterocycles. The molecule has 4 nitrogen and oxygen atoms in total. The monoisotopic (exact) mass is 230 g/mol. The summed E-state index contributed by atoms with van der Waals surface area (Å²) in [5.74, 6) is -0.602. The predicted octanol–water partition coefficient (Wildman–Crippen LogP) is 1.19. The second-order valence-corrected chi connectivity index (χ2v) is 3.14. The van der Waals surface area contributed by atoms with Crippen LogP contribution in [0.1, 0.15) is 23.2 Å². The van der Waals surface area contributed by atoms with E-state index in [0.717, 1.165) is 0 Å². The van der Waals surface area contributed by atoms with Crippen molar-refractivity contribution in [1.82, 2.24) is 4.98 Å². The van der Waals surface area contributed by atoms with Crippen LogP contribution in [-0.2, 0) is 22.5 Å². The molecule has 1 heterocycles. The van der Waals surface area contributed by atoms with E-state index in [1.165, 1.54) is 19.4 Å². The summed E-state index contributed by atoms with van der Waals surface area (Å²) >= 11 is 0. The highest BCUT2D eigenvalue weighted by Gasteiger charge is 2.17. The van der Waals surface area contributed by atoms with Crippen LogP contribution < -0.4 is 5.73 Å². The first-order valence-electron chi connectivity index (χ1n) is 4.61. The molecule has 16 heavy (non-hydrogen) atoms. The SMILES string of the molecule is COC(=O)Cc1ncc(CN)cc1C(F)F. The van der Waals surface area contributed by atoms with E-state index in [4.69, 9.17) is 5.73 Å². The molecule has 0 fully saturated rings. The van der Waals surface area contributed by atoms with Gasteiger partial charge in [-0.3, -0.25) is 9.78 Å². The first-order chi connectivity index (χ1) is 7.58. The van der Waals surface area contributed by atoms with Crippen LogP contribution in [0.2, 0.25) is 0 Å². The summed E-state index contributed by atoms with van der Waals surface area (Å²) in [6.07, 6.45) is -1.57. The molecule has 0 aliphatic carbocycles. The molecule has 2 N–H and O–H groups in total. The zero-order valence-electron chi connectivity index (χ0n) is 8.74. The Kier molecular flexibility index (Phi) is 4.30. The van der Waals surface area contributed by atoms with Crippen molar-refractivity contribution in [3.05, 3.63) is 29.1 Å². The molecule has 0 saturated carbocycles. The Bertz CT molecular complexity index is 383. The first kappa shape index (κ1) is 12.5. The number of esters is 1. The zero-order chi connectivity index (χ0) is 12.1. The number of nitrogens with zero attached hydrogens (tertiary/aromatic N) is 1. The van der Waals surface area contributed by atoms with E-state index in [-0.39, 0.29) is 24.2 Å². The number of alkyl halides is 2. The number of pyridine rings is 1. The van der Waals surface area contributed by atoms with Gasteiger partial charge in [0.15, 0.2) is 0 Å². The van der Waals surface area contributed by atoms with Crippen LogP contribution in [0.25, 0.3) is 0 Å². The molecule has 0 unspecified atom stereocenters. The molecular formula is C10H12F2N2O2. The minimum Gasteiger partial charge on any atom is -0.469 e. The van der Waals surface area contributed by atoms with Crippen LogP contribution >= 0.6 is 0 Å². The average molecular weight is 230 g/mol. The van der Waals surface area contributed by atoms with Crippen LogP contribution in [0.5, 0.6) is 0 Å². The van der Waals surface area contributed by atoms with Crippen molar-refractivity contribution in [3.8, 4) is 0 Å². The van der Waals surface area contributed by atoms with Gasteiger partial charge in [0.2, 0.25) is 0 Å². The number of aromatic nitrogens is 1. The molecule has 1 aromatic rings. The Labute approximate surface area is 91.4 Å². The highest BCUT2D eigenvalue weighted by Crippen LogP contribution is 2.23. The number of nitrogens with two attached hydrogens (primary N) is 1. The van der Waals surface area contributed by atoms with E-state index in [9.17, 15) is 13.6 Å². The second-order valence-electron chi connectivity index (χ2n) is 3.14. The molecule has 0 aliphatic rings. The van der Waals surface area contributed by atoms with Gasteiger partial charge in [0.05, 0.1) is 19.2 Å². The van der Waals surface area contributed by atoms with Crippen molar-refractivity contribution >= 4 is 5.97 Å². The maximum atomic E-state index is 12.7. The van der Waals surface area contributed by atoms with E-state index >= 15 is 0 Å². The third-order valence-corrected chi connectivity index (χ3v) is 2.07. The fourth-order valence-electron chi connectivity index (χ4n) is 1.21. The van der Waals surface area contributed by atoms with Crippen LogP contribution in [0.4, 0.5) is 8.78 Å². The van der Waals surface area contributed by atoms with E-state index in [1.807, 2.05) is 0 Å². The normalized spacial score (nSPS) is 10.6. The lowest BCUT2D eigenvalue weighted by Crippen LogP contribution is -2.10. The molecule has 0 aromatic carbocycles. The summed E-state index contributed by atoms with van der Waals surface area (Å²) in [5, 5.41) is 0. The largest absolute Gasteiger partial charge is 0.469 e. The summed E-state index contributed by atoms with van der Waals surface area (Å²) < 4.78 is 29.7. The quantitative estimate of drug-likeness (QED) is 0.789. The molecular weight excluding hydrogens is 218 g/mol. The highest BCUT2D eigenvalue weighted by molar-refractivity contribution is 5.72. The minimum atomic E-state index is -2.68. The van der Waals surface area contributed by atoms with Gasteiger partial charge >= 0.3 is 5.97 Å². The molecule has 0 spiro atoms. The molecule has 0 saturated heterocycles. The van der Waals surface area contributed by atoms with Crippen molar-refractivity contribution in [2.75, 3.05) is 7.11 Å². The lowest BCUT2D eigenvalue weighted by molar-refractivity contribution is -0.139. The fraction of sp³-hybridized carbons (Fsp3) is 0.400. The van der Waals surface area contributed by atoms with Gasteiger partial charge in [-0.1, -0.05) is 0 Å². The number of carbonyl (C=O) groups excluding carboxylic acids is 1. The van der Waals surface area contributed by atoms with E-state index < -0.39 is 12.4 Å². The molecule has 6 heteroatoms. The van der Waals surface area contributed by atoms with E-state index in [0.29, 0.717) is 5.56 Å². The molecule has 0 aliphatic heterocycles. The molecule has 88 valence electrons. The van der Waals surface area contributed by atoms with Gasteiger partial charge in [-0.2, -0.15) is 0 Å². The Hall–Kier alpha value is -1.56. The summed E-state index contributed by atoms with van der Waals surface area (Å²) in [5.41, 5.74) is 5.58. The van der Waals surface area contributed by atoms with Gasteiger partial charge in [0, 0.05) is 18.3 Å². The van der Waals surface area contributed by atoms with Crippen molar-refractivity contribution in [3.63, 3.8) is 0 Å². The Balaban J connectivity index is 3.03. The number of hydrogen-bond donors (Lipinski definition) is 1. The Morgan fingerprint density at radius 2 is 2.31 bits per heavy atom.